The lowest BCUT2D eigenvalue weighted by Gasteiger charge is -1.99. The Morgan fingerprint density at radius 1 is 1.31 bits per heavy atom. The summed E-state index contributed by atoms with van der Waals surface area (Å²) in [5, 5.41) is 0. The average molecular weight is 181 g/mol. The minimum atomic E-state index is 1.12. The van der Waals surface area contributed by atoms with Gasteiger partial charge in [-0.15, -0.1) is 0 Å². The van der Waals surface area contributed by atoms with Crippen LogP contribution in [0.5, 0.6) is 0 Å². The van der Waals surface area contributed by atoms with E-state index in [1.807, 2.05) is 0 Å². The molecule has 0 saturated heterocycles. The van der Waals surface area contributed by atoms with Crippen LogP contribution in [0.15, 0.2) is 12.4 Å². The van der Waals surface area contributed by atoms with Crippen molar-refractivity contribution < 1.29 is 4.57 Å². The van der Waals surface area contributed by atoms with Crippen molar-refractivity contribution in [3.63, 3.8) is 0 Å². The van der Waals surface area contributed by atoms with Gasteiger partial charge in [0, 0.05) is 6.42 Å². The minimum absolute atomic E-state index is 1.12. The first-order valence-electron chi connectivity index (χ1n) is 5.33. The predicted octanol–water partition coefficient (Wildman–Crippen LogP) is 2.07. The highest BCUT2D eigenvalue weighted by atomic mass is 15.1. The van der Waals surface area contributed by atoms with Crippen molar-refractivity contribution in [1.29, 1.82) is 0 Å². The first-order chi connectivity index (χ1) is 6.29. The van der Waals surface area contributed by atoms with Crippen molar-refractivity contribution in [2.45, 2.75) is 46.1 Å². The average Bonchev–Trinajstić information content (AvgIpc) is 2.47. The van der Waals surface area contributed by atoms with Crippen LogP contribution < -0.4 is 4.57 Å². The molecular formula is C11H21N2+. The van der Waals surface area contributed by atoms with Crippen molar-refractivity contribution in [3.8, 4) is 0 Å². The van der Waals surface area contributed by atoms with Gasteiger partial charge in [0.25, 0.3) is 5.82 Å². The van der Waals surface area contributed by atoms with Crippen molar-refractivity contribution in [2.24, 2.45) is 7.05 Å². The van der Waals surface area contributed by atoms with Gasteiger partial charge in [0.05, 0.1) is 13.6 Å². The number of unbranched alkanes of at least 4 members (excludes halogenated alkanes) is 2. The second-order valence-electron chi connectivity index (χ2n) is 3.58. The van der Waals surface area contributed by atoms with E-state index < -0.39 is 0 Å². The molecule has 0 spiro atoms. The molecule has 1 rings (SSSR count). The number of aryl methyl sites for hydroxylation is 2. The molecule has 0 amide bonds. The second kappa shape index (κ2) is 5.05. The van der Waals surface area contributed by atoms with Gasteiger partial charge in [-0.1, -0.05) is 20.3 Å². The van der Waals surface area contributed by atoms with E-state index in [9.17, 15) is 0 Å². The van der Waals surface area contributed by atoms with Crippen LogP contribution in [0, 0.1) is 0 Å². The van der Waals surface area contributed by atoms with E-state index in [0.717, 1.165) is 6.42 Å². The Bertz CT molecular complexity index is 251. The quantitative estimate of drug-likeness (QED) is 0.486. The summed E-state index contributed by atoms with van der Waals surface area (Å²) in [6.07, 6.45) is 9.40. The van der Waals surface area contributed by atoms with Gasteiger partial charge < -0.3 is 0 Å². The Kier molecular flexibility index (Phi) is 4.00. The zero-order valence-corrected chi connectivity index (χ0v) is 9.08. The maximum atomic E-state index is 2.37. The fourth-order valence-electron chi connectivity index (χ4n) is 1.74. The van der Waals surface area contributed by atoms with E-state index in [0.29, 0.717) is 0 Å². The molecule has 0 aliphatic rings. The summed E-state index contributed by atoms with van der Waals surface area (Å²) in [4.78, 5) is 0. The highest BCUT2D eigenvalue weighted by molar-refractivity contribution is 4.82. The SMILES string of the molecule is CCCCCn1cc[n+](C)c1CC. The maximum absolute atomic E-state index is 2.37. The van der Waals surface area contributed by atoms with Crippen molar-refractivity contribution >= 4 is 0 Å². The van der Waals surface area contributed by atoms with Crippen molar-refractivity contribution in [3.05, 3.63) is 18.2 Å². The zero-order valence-electron chi connectivity index (χ0n) is 9.08. The molecule has 2 heteroatoms. The summed E-state index contributed by atoms with van der Waals surface area (Å²) >= 11 is 0. The smallest absolute Gasteiger partial charge is 0.237 e. The third-order valence-electron chi connectivity index (χ3n) is 2.53. The fraction of sp³-hybridized carbons (Fsp3) is 0.727. The minimum Gasteiger partial charge on any atom is -0.237 e. The molecule has 1 aromatic heterocycles. The standard InChI is InChI=1S/C11H21N2/c1-4-6-7-8-13-10-9-12(3)11(13)5-2/h9-10H,4-8H2,1-3H3/q+1. The molecule has 0 saturated carbocycles. The number of nitrogens with zero attached hydrogens (tertiary/aromatic N) is 2. The number of rotatable bonds is 5. The lowest BCUT2D eigenvalue weighted by molar-refractivity contribution is -0.678. The van der Waals surface area contributed by atoms with Crippen LogP contribution in [0.3, 0.4) is 0 Å². The molecule has 0 aromatic carbocycles. The van der Waals surface area contributed by atoms with E-state index in [4.69, 9.17) is 0 Å². The van der Waals surface area contributed by atoms with E-state index in [-0.39, 0.29) is 0 Å². The van der Waals surface area contributed by atoms with Crippen molar-refractivity contribution in [1.82, 2.24) is 4.57 Å². The third-order valence-corrected chi connectivity index (χ3v) is 2.53. The normalized spacial score (nSPS) is 10.7. The summed E-state index contributed by atoms with van der Waals surface area (Å²) < 4.78 is 4.58. The van der Waals surface area contributed by atoms with Crippen LogP contribution in [0.1, 0.15) is 38.9 Å². The number of hydrogen-bond donors (Lipinski definition) is 0. The summed E-state index contributed by atoms with van der Waals surface area (Å²) in [5.41, 5.74) is 0. The van der Waals surface area contributed by atoms with Crippen LogP contribution in [-0.4, -0.2) is 4.57 Å². The molecule has 0 aliphatic carbocycles. The first kappa shape index (κ1) is 10.3. The Balaban J connectivity index is 2.55. The molecule has 0 atom stereocenters. The van der Waals surface area contributed by atoms with Gasteiger partial charge in [-0.2, -0.15) is 0 Å². The van der Waals surface area contributed by atoms with Gasteiger partial charge in [0.1, 0.15) is 12.4 Å². The topological polar surface area (TPSA) is 8.81 Å². The Labute approximate surface area is 81.2 Å². The van der Waals surface area contributed by atoms with Crippen LogP contribution in [-0.2, 0) is 20.0 Å². The Morgan fingerprint density at radius 2 is 2.08 bits per heavy atom. The molecule has 13 heavy (non-hydrogen) atoms. The lowest BCUT2D eigenvalue weighted by Crippen LogP contribution is -2.31. The number of imidazole rings is 1. The molecule has 74 valence electrons. The Morgan fingerprint density at radius 3 is 2.69 bits per heavy atom. The van der Waals surface area contributed by atoms with Crippen LogP contribution in [0.25, 0.3) is 0 Å². The summed E-state index contributed by atoms with van der Waals surface area (Å²) in [6.45, 7) is 5.64. The largest absolute Gasteiger partial charge is 0.255 e. The summed E-state index contributed by atoms with van der Waals surface area (Å²) in [5.74, 6) is 1.43. The molecule has 0 bridgehead atoms. The molecule has 1 heterocycles. The molecule has 0 aliphatic heterocycles. The third kappa shape index (κ3) is 2.58. The molecule has 0 unspecified atom stereocenters. The highest BCUT2D eigenvalue weighted by Gasteiger charge is 2.10. The second-order valence-corrected chi connectivity index (χ2v) is 3.58. The van der Waals surface area contributed by atoms with Gasteiger partial charge in [-0.3, -0.25) is 0 Å². The zero-order chi connectivity index (χ0) is 9.68. The van der Waals surface area contributed by atoms with Crippen molar-refractivity contribution in [2.75, 3.05) is 0 Å². The Hall–Kier alpha value is -0.790. The molecule has 0 radical (unpaired) electrons. The maximum Gasteiger partial charge on any atom is 0.255 e. The molecule has 1 aromatic rings. The van der Waals surface area contributed by atoms with E-state index in [1.54, 1.807) is 0 Å². The number of hydrogen-bond acceptors (Lipinski definition) is 0. The van der Waals surface area contributed by atoms with E-state index in [1.165, 1.54) is 31.6 Å². The molecular weight excluding hydrogens is 160 g/mol. The molecule has 2 nitrogen and oxygen atoms in total. The van der Waals surface area contributed by atoms with Gasteiger partial charge >= 0.3 is 0 Å². The fourth-order valence-corrected chi connectivity index (χ4v) is 1.74. The highest BCUT2D eigenvalue weighted by Crippen LogP contribution is 2.01. The van der Waals surface area contributed by atoms with Crippen LogP contribution in [0.4, 0.5) is 0 Å². The number of aromatic nitrogens is 2. The molecule has 0 fully saturated rings. The van der Waals surface area contributed by atoms with Gasteiger partial charge in [0.15, 0.2) is 0 Å². The van der Waals surface area contributed by atoms with Crippen LogP contribution in [0.2, 0.25) is 0 Å². The van der Waals surface area contributed by atoms with E-state index >= 15 is 0 Å². The first-order valence-corrected chi connectivity index (χ1v) is 5.33. The summed E-state index contributed by atoms with van der Waals surface area (Å²) in [6, 6.07) is 0. The monoisotopic (exact) mass is 181 g/mol. The van der Waals surface area contributed by atoms with Gasteiger partial charge in [0.2, 0.25) is 0 Å². The molecule has 0 N–H and O–H groups in total. The van der Waals surface area contributed by atoms with E-state index in [2.05, 4.69) is 42.4 Å². The van der Waals surface area contributed by atoms with Gasteiger partial charge in [-0.25, -0.2) is 9.13 Å². The predicted molar refractivity (Wildman–Crippen MR) is 54.5 cm³/mol. The van der Waals surface area contributed by atoms with Crippen LogP contribution >= 0.6 is 0 Å². The van der Waals surface area contributed by atoms with Gasteiger partial charge in [-0.05, 0) is 12.8 Å². The lowest BCUT2D eigenvalue weighted by atomic mass is 10.2. The summed E-state index contributed by atoms with van der Waals surface area (Å²) in [7, 11) is 2.12.